The fourth-order valence-electron chi connectivity index (χ4n) is 2.08. The minimum absolute atomic E-state index is 0.192. The number of carbonyl (C=O) groups is 1. The summed E-state index contributed by atoms with van der Waals surface area (Å²) in [4.78, 5) is 12.1. The number of hydrogen-bond acceptors (Lipinski definition) is 3. The van der Waals surface area contributed by atoms with Gasteiger partial charge in [0.15, 0.2) is 0 Å². The standard InChI is InChI=1S/C15H15F2N3O/c1-8(14-12(16)3-2-4-13(14)17)20-15(21)9-5-10(18)7-11(19)6-9/h2-8H,18-19H2,1H3,(H,20,21). The number of halogens is 2. The number of hydrogen-bond donors (Lipinski definition) is 3. The van der Waals surface area contributed by atoms with Crippen LogP contribution in [0.15, 0.2) is 36.4 Å². The highest BCUT2D eigenvalue weighted by atomic mass is 19.1. The molecule has 0 spiro atoms. The topological polar surface area (TPSA) is 81.1 Å². The number of amides is 1. The molecule has 21 heavy (non-hydrogen) atoms. The minimum Gasteiger partial charge on any atom is -0.399 e. The van der Waals surface area contributed by atoms with Gasteiger partial charge in [-0.2, -0.15) is 0 Å². The Hall–Kier alpha value is -2.63. The first kappa shape index (κ1) is 14.8. The highest BCUT2D eigenvalue weighted by Gasteiger charge is 2.18. The summed E-state index contributed by atoms with van der Waals surface area (Å²) in [5.41, 5.74) is 11.9. The molecule has 110 valence electrons. The largest absolute Gasteiger partial charge is 0.399 e. The number of carbonyl (C=O) groups excluding carboxylic acids is 1. The van der Waals surface area contributed by atoms with Gasteiger partial charge in [-0.1, -0.05) is 6.07 Å². The van der Waals surface area contributed by atoms with Crippen molar-refractivity contribution in [2.24, 2.45) is 0 Å². The van der Waals surface area contributed by atoms with Crippen LogP contribution in [-0.4, -0.2) is 5.91 Å². The molecule has 4 nitrogen and oxygen atoms in total. The van der Waals surface area contributed by atoms with Crippen molar-refractivity contribution in [3.8, 4) is 0 Å². The van der Waals surface area contributed by atoms with E-state index in [0.717, 1.165) is 12.1 Å². The molecule has 2 rings (SSSR count). The van der Waals surface area contributed by atoms with Gasteiger partial charge in [0.2, 0.25) is 0 Å². The third-order valence-corrected chi connectivity index (χ3v) is 3.02. The Morgan fingerprint density at radius 2 is 1.62 bits per heavy atom. The Bertz CT molecular complexity index is 648. The molecule has 0 radical (unpaired) electrons. The molecule has 0 aliphatic carbocycles. The van der Waals surface area contributed by atoms with Crippen molar-refractivity contribution >= 4 is 17.3 Å². The van der Waals surface area contributed by atoms with Crippen LogP contribution in [-0.2, 0) is 0 Å². The highest BCUT2D eigenvalue weighted by molar-refractivity contribution is 5.96. The van der Waals surface area contributed by atoms with E-state index < -0.39 is 23.6 Å². The molecule has 0 bridgehead atoms. The Labute approximate surface area is 120 Å². The van der Waals surface area contributed by atoms with Gasteiger partial charge in [0, 0.05) is 22.5 Å². The van der Waals surface area contributed by atoms with Gasteiger partial charge in [0.25, 0.3) is 5.91 Å². The summed E-state index contributed by atoms with van der Waals surface area (Å²) in [5, 5.41) is 2.52. The highest BCUT2D eigenvalue weighted by Crippen LogP contribution is 2.21. The van der Waals surface area contributed by atoms with Gasteiger partial charge in [-0.15, -0.1) is 0 Å². The summed E-state index contributed by atoms with van der Waals surface area (Å²) in [6.45, 7) is 1.50. The molecule has 0 aromatic heterocycles. The molecule has 2 aromatic rings. The van der Waals surface area contributed by atoms with E-state index in [2.05, 4.69) is 5.32 Å². The number of nitrogens with one attached hydrogen (secondary N) is 1. The normalized spacial score (nSPS) is 12.0. The number of benzene rings is 2. The third-order valence-electron chi connectivity index (χ3n) is 3.02. The van der Waals surface area contributed by atoms with E-state index in [-0.39, 0.29) is 11.1 Å². The van der Waals surface area contributed by atoms with E-state index >= 15 is 0 Å². The van der Waals surface area contributed by atoms with E-state index in [4.69, 9.17) is 11.5 Å². The first-order valence-corrected chi connectivity index (χ1v) is 6.29. The van der Waals surface area contributed by atoms with Crippen molar-refractivity contribution in [2.45, 2.75) is 13.0 Å². The summed E-state index contributed by atoms with van der Waals surface area (Å²) >= 11 is 0. The molecule has 6 heteroatoms. The Balaban J connectivity index is 2.23. The lowest BCUT2D eigenvalue weighted by atomic mass is 10.1. The van der Waals surface area contributed by atoms with Gasteiger partial charge in [-0.05, 0) is 37.3 Å². The SMILES string of the molecule is CC(NC(=O)c1cc(N)cc(N)c1)c1c(F)cccc1F. The maximum Gasteiger partial charge on any atom is 0.251 e. The van der Waals surface area contributed by atoms with Gasteiger partial charge >= 0.3 is 0 Å². The van der Waals surface area contributed by atoms with Crippen molar-refractivity contribution in [3.05, 3.63) is 59.2 Å². The lowest BCUT2D eigenvalue weighted by molar-refractivity contribution is 0.0939. The molecule has 0 saturated heterocycles. The minimum atomic E-state index is -0.832. The molecular weight excluding hydrogens is 276 g/mol. The zero-order chi connectivity index (χ0) is 15.6. The zero-order valence-corrected chi connectivity index (χ0v) is 11.4. The van der Waals surface area contributed by atoms with Crippen LogP contribution in [0.1, 0.15) is 28.9 Å². The molecular formula is C15H15F2N3O. The zero-order valence-electron chi connectivity index (χ0n) is 11.4. The Morgan fingerprint density at radius 1 is 1.10 bits per heavy atom. The second kappa shape index (κ2) is 5.78. The predicted molar refractivity (Wildman–Crippen MR) is 77.5 cm³/mol. The van der Waals surface area contributed by atoms with E-state index in [1.54, 1.807) is 0 Å². The van der Waals surface area contributed by atoms with E-state index in [1.165, 1.54) is 31.2 Å². The molecule has 0 aliphatic heterocycles. The molecule has 1 atom stereocenters. The van der Waals surface area contributed by atoms with E-state index in [1.807, 2.05) is 0 Å². The number of anilines is 2. The smallest absolute Gasteiger partial charge is 0.251 e. The van der Waals surface area contributed by atoms with Gasteiger partial charge in [-0.3, -0.25) is 4.79 Å². The molecule has 5 N–H and O–H groups in total. The van der Waals surface area contributed by atoms with Gasteiger partial charge in [-0.25, -0.2) is 8.78 Å². The second-order valence-electron chi connectivity index (χ2n) is 4.72. The van der Waals surface area contributed by atoms with Crippen LogP contribution in [0.5, 0.6) is 0 Å². The molecule has 0 fully saturated rings. The van der Waals surface area contributed by atoms with Crippen LogP contribution in [0.25, 0.3) is 0 Å². The fraction of sp³-hybridized carbons (Fsp3) is 0.133. The lowest BCUT2D eigenvalue weighted by Gasteiger charge is -2.16. The van der Waals surface area contributed by atoms with Crippen LogP contribution >= 0.6 is 0 Å². The first-order valence-electron chi connectivity index (χ1n) is 6.29. The molecule has 0 heterocycles. The monoisotopic (exact) mass is 291 g/mol. The molecule has 0 aliphatic rings. The summed E-state index contributed by atoms with van der Waals surface area (Å²) in [7, 11) is 0. The van der Waals surface area contributed by atoms with Crippen LogP contribution < -0.4 is 16.8 Å². The van der Waals surface area contributed by atoms with E-state index in [0.29, 0.717) is 11.4 Å². The van der Waals surface area contributed by atoms with Gasteiger partial charge < -0.3 is 16.8 Å². The van der Waals surface area contributed by atoms with Crippen molar-refractivity contribution in [1.82, 2.24) is 5.32 Å². The Morgan fingerprint density at radius 3 is 2.14 bits per heavy atom. The number of nitrogens with two attached hydrogens (primary N) is 2. The maximum absolute atomic E-state index is 13.7. The van der Waals surface area contributed by atoms with Gasteiger partial charge in [0.1, 0.15) is 11.6 Å². The third kappa shape index (κ3) is 3.28. The lowest BCUT2D eigenvalue weighted by Crippen LogP contribution is -2.28. The molecule has 1 unspecified atom stereocenters. The molecule has 1 amide bonds. The molecule has 2 aromatic carbocycles. The summed E-state index contributed by atoms with van der Waals surface area (Å²) in [5.74, 6) is -1.94. The van der Waals surface area contributed by atoms with Crippen molar-refractivity contribution in [1.29, 1.82) is 0 Å². The van der Waals surface area contributed by atoms with Gasteiger partial charge in [0.05, 0.1) is 6.04 Å². The number of nitrogen functional groups attached to an aromatic ring is 2. The summed E-state index contributed by atoms with van der Waals surface area (Å²) in [6, 6.07) is 7.10. The van der Waals surface area contributed by atoms with Crippen LogP contribution in [0.3, 0.4) is 0 Å². The van der Waals surface area contributed by atoms with Crippen molar-refractivity contribution in [3.63, 3.8) is 0 Å². The first-order chi connectivity index (χ1) is 9.88. The van der Waals surface area contributed by atoms with Crippen molar-refractivity contribution in [2.75, 3.05) is 11.5 Å². The average molecular weight is 291 g/mol. The number of rotatable bonds is 3. The van der Waals surface area contributed by atoms with Crippen molar-refractivity contribution < 1.29 is 13.6 Å². The Kier molecular flexibility index (Phi) is 4.07. The van der Waals surface area contributed by atoms with E-state index in [9.17, 15) is 13.6 Å². The summed E-state index contributed by atoms with van der Waals surface area (Å²) in [6.07, 6.45) is 0. The predicted octanol–water partition coefficient (Wildman–Crippen LogP) is 2.62. The molecule has 0 saturated carbocycles. The summed E-state index contributed by atoms with van der Waals surface area (Å²) < 4.78 is 27.3. The van der Waals surface area contributed by atoms with Crippen LogP contribution in [0.4, 0.5) is 20.2 Å². The fourth-order valence-corrected chi connectivity index (χ4v) is 2.08. The van der Waals surface area contributed by atoms with Crippen LogP contribution in [0.2, 0.25) is 0 Å². The maximum atomic E-state index is 13.7. The van der Waals surface area contributed by atoms with Crippen LogP contribution in [0, 0.1) is 11.6 Å². The quantitative estimate of drug-likeness (QED) is 0.760. The average Bonchev–Trinajstić information content (AvgIpc) is 2.37. The second-order valence-corrected chi connectivity index (χ2v) is 4.72.